The Hall–Kier alpha value is -3.02. The van der Waals surface area contributed by atoms with Crippen LogP contribution in [0.5, 0.6) is 0 Å². The fraction of sp³-hybridized carbons (Fsp3) is 0.176. The fourth-order valence-electron chi connectivity index (χ4n) is 2.31. The number of carbonyl (C=O) groups excluding carboxylic acids is 1. The standard InChI is InChI=1S/C17H17N5O/c1-12-6-8-13(9-7-12)10-16(23)18-15-5-3-4-14(11-15)17-19-20-21-22(17)2/h3-9,11H,10H2,1-2H3,(H,18,23). The zero-order valence-electron chi connectivity index (χ0n) is 13.0. The lowest BCUT2D eigenvalue weighted by Gasteiger charge is -2.07. The lowest BCUT2D eigenvalue weighted by atomic mass is 10.1. The van der Waals surface area contributed by atoms with E-state index in [4.69, 9.17) is 0 Å². The quantitative estimate of drug-likeness (QED) is 0.803. The summed E-state index contributed by atoms with van der Waals surface area (Å²) in [5, 5.41) is 14.3. The maximum absolute atomic E-state index is 12.2. The number of nitrogens with zero attached hydrogens (tertiary/aromatic N) is 4. The summed E-state index contributed by atoms with van der Waals surface area (Å²) in [6.07, 6.45) is 0.343. The van der Waals surface area contributed by atoms with Crippen molar-refractivity contribution in [3.8, 4) is 11.4 Å². The highest BCUT2D eigenvalue weighted by Crippen LogP contribution is 2.19. The van der Waals surface area contributed by atoms with Crippen LogP contribution in [0.2, 0.25) is 0 Å². The van der Waals surface area contributed by atoms with E-state index >= 15 is 0 Å². The molecule has 0 unspecified atom stereocenters. The minimum absolute atomic E-state index is 0.0536. The van der Waals surface area contributed by atoms with Gasteiger partial charge in [-0.1, -0.05) is 42.0 Å². The Bertz CT molecular complexity index is 823. The highest BCUT2D eigenvalue weighted by atomic mass is 16.1. The van der Waals surface area contributed by atoms with Gasteiger partial charge in [0.1, 0.15) is 0 Å². The second-order valence-electron chi connectivity index (χ2n) is 5.42. The minimum atomic E-state index is -0.0536. The number of benzene rings is 2. The molecule has 1 amide bonds. The molecule has 3 aromatic rings. The predicted octanol–water partition coefficient (Wildman–Crippen LogP) is 2.37. The van der Waals surface area contributed by atoms with Crippen LogP contribution in [-0.4, -0.2) is 26.1 Å². The number of carbonyl (C=O) groups is 1. The summed E-state index contributed by atoms with van der Waals surface area (Å²) in [6.45, 7) is 2.02. The van der Waals surface area contributed by atoms with E-state index in [1.54, 1.807) is 11.7 Å². The van der Waals surface area contributed by atoms with E-state index in [1.165, 1.54) is 5.56 Å². The lowest BCUT2D eigenvalue weighted by Crippen LogP contribution is -2.14. The molecule has 0 fully saturated rings. The van der Waals surface area contributed by atoms with E-state index in [-0.39, 0.29) is 5.91 Å². The Kier molecular flexibility index (Phi) is 4.14. The minimum Gasteiger partial charge on any atom is -0.326 e. The van der Waals surface area contributed by atoms with Crippen molar-refractivity contribution in [3.63, 3.8) is 0 Å². The third-order valence-corrected chi connectivity index (χ3v) is 3.51. The molecule has 0 bridgehead atoms. The number of rotatable bonds is 4. The zero-order valence-corrected chi connectivity index (χ0v) is 13.0. The molecule has 116 valence electrons. The van der Waals surface area contributed by atoms with Crippen LogP contribution in [0.3, 0.4) is 0 Å². The van der Waals surface area contributed by atoms with Crippen molar-refractivity contribution < 1.29 is 4.79 Å². The van der Waals surface area contributed by atoms with Crippen LogP contribution in [0.25, 0.3) is 11.4 Å². The average Bonchev–Trinajstić information content (AvgIpc) is 2.96. The molecular formula is C17H17N5O. The molecule has 0 saturated carbocycles. The zero-order chi connectivity index (χ0) is 16.2. The van der Waals surface area contributed by atoms with Crippen LogP contribution >= 0.6 is 0 Å². The number of aryl methyl sites for hydroxylation is 2. The second kappa shape index (κ2) is 6.39. The lowest BCUT2D eigenvalue weighted by molar-refractivity contribution is -0.115. The van der Waals surface area contributed by atoms with Crippen LogP contribution in [0.15, 0.2) is 48.5 Å². The first kappa shape index (κ1) is 14.9. The molecule has 1 N–H and O–H groups in total. The maximum Gasteiger partial charge on any atom is 0.228 e. The number of hydrogen-bond donors (Lipinski definition) is 1. The number of aromatic nitrogens is 4. The average molecular weight is 307 g/mol. The third kappa shape index (κ3) is 3.60. The number of nitrogens with one attached hydrogen (secondary N) is 1. The second-order valence-corrected chi connectivity index (χ2v) is 5.42. The molecule has 1 heterocycles. The summed E-state index contributed by atoms with van der Waals surface area (Å²) >= 11 is 0. The molecule has 23 heavy (non-hydrogen) atoms. The molecule has 0 atom stereocenters. The van der Waals surface area contributed by atoms with E-state index < -0.39 is 0 Å². The van der Waals surface area contributed by atoms with E-state index in [9.17, 15) is 4.79 Å². The van der Waals surface area contributed by atoms with Gasteiger partial charge in [-0.2, -0.15) is 0 Å². The number of tetrazole rings is 1. The maximum atomic E-state index is 12.2. The molecule has 6 nitrogen and oxygen atoms in total. The van der Waals surface area contributed by atoms with Gasteiger partial charge in [-0.25, -0.2) is 4.68 Å². The Labute approximate surface area is 134 Å². The van der Waals surface area contributed by atoms with Gasteiger partial charge in [0, 0.05) is 18.3 Å². The van der Waals surface area contributed by atoms with Crippen molar-refractivity contribution in [3.05, 3.63) is 59.7 Å². The van der Waals surface area contributed by atoms with Gasteiger partial charge in [-0.05, 0) is 35.0 Å². The molecular weight excluding hydrogens is 290 g/mol. The number of amides is 1. The molecule has 0 aliphatic rings. The summed E-state index contributed by atoms with van der Waals surface area (Å²) in [7, 11) is 1.78. The Morgan fingerprint density at radius 2 is 1.96 bits per heavy atom. The highest BCUT2D eigenvalue weighted by Gasteiger charge is 2.08. The van der Waals surface area contributed by atoms with Crippen LogP contribution in [-0.2, 0) is 18.3 Å². The summed E-state index contributed by atoms with van der Waals surface area (Å²) < 4.78 is 1.59. The Balaban J connectivity index is 1.71. The smallest absolute Gasteiger partial charge is 0.228 e. The molecule has 0 aliphatic carbocycles. The fourth-order valence-corrected chi connectivity index (χ4v) is 2.31. The summed E-state index contributed by atoms with van der Waals surface area (Å²) in [6, 6.07) is 15.4. The van der Waals surface area contributed by atoms with Gasteiger partial charge in [0.15, 0.2) is 5.82 Å². The van der Waals surface area contributed by atoms with Gasteiger partial charge in [0.25, 0.3) is 0 Å². The van der Waals surface area contributed by atoms with Crippen LogP contribution in [0, 0.1) is 6.92 Å². The Morgan fingerprint density at radius 1 is 1.17 bits per heavy atom. The molecule has 0 radical (unpaired) electrons. The van der Waals surface area contributed by atoms with Gasteiger partial charge < -0.3 is 5.32 Å². The van der Waals surface area contributed by atoms with Crippen molar-refractivity contribution in [1.82, 2.24) is 20.2 Å². The molecule has 3 rings (SSSR count). The number of hydrogen-bond acceptors (Lipinski definition) is 4. The largest absolute Gasteiger partial charge is 0.326 e. The number of anilines is 1. The molecule has 0 saturated heterocycles. The predicted molar refractivity (Wildman–Crippen MR) is 87.7 cm³/mol. The molecule has 2 aromatic carbocycles. The van der Waals surface area contributed by atoms with Crippen molar-refractivity contribution >= 4 is 11.6 Å². The van der Waals surface area contributed by atoms with Gasteiger partial charge in [0.2, 0.25) is 5.91 Å². The first-order chi connectivity index (χ1) is 11.1. The van der Waals surface area contributed by atoms with Crippen molar-refractivity contribution in [2.24, 2.45) is 7.05 Å². The molecule has 6 heteroatoms. The van der Waals surface area contributed by atoms with Gasteiger partial charge in [0.05, 0.1) is 6.42 Å². The third-order valence-electron chi connectivity index (χ3n) is 3.51. The van der Waals surface area contributed by atoms with E-state index in [2.05, 4.69) is 20.8 Å². The summed E-state index contributed by atoms with van der Waals surface area (Å²) in [4.78, 5) is 12.2. The van der Waals surface area contributed by atoms with E-state index in [1.807, 2.05) is 55.5 Å². The normalized spacial score (nSPS) is 10.5. The highest BCUT2D eigenvalue weighted by molar-refractivity contribution is 5.92. The van der Waals surface area contributed by atoms with E-state index in [0.717, 1.165) is 16.8 Å². The van der Waals surface area contributed by atoms with Crippen molar-refractivity contribution in [1.29, 1.82) is 0 Å². The van der Waals surface area contributed by atoms with Crippen molar-refractivity contribution in [2.75, 3.05) is 5.32 Å². The molecule has 0 spiro atoms. The SMILES string of the molecule is Cc1ccc(CC(=O)Nc2cccc(-c3nnnn3C)c2)cc1. The summed E-state index contributed by atoms with van der Waals surface area (Å²) in [5.74, 6) is 0.599. The monoisotopic (exact) mass is 307 g/mol. The first-order valence-corrected chi connectivity index (χ1v) is 7.30. The van der Waals surface area contributed by atoms with Crippen LogP contribution in [0.4, 0.5) is 5.69 Å². The molecule has 0 aliphatic heterocycles. The van der Waals surface area contributed by atoms with Gasteiger partial charge in [-0.3, -0.25) is 4.79 Å². The topological polar surface area (TPSA) is 72.7 Å². The van der Waals surface area contributed by atoms with Crippen molar-refractivity contribution in [2.45, 2.75) is 13.3 Å². The van der Waals surface area contributed by atoms with Crippen LogP contribution in [0.1, 0.15) is 11.1 Å². The van der Waals surface area contributed by atoms with Gasteiger partial charge >= 0.3 is 0 Å². The van der Waals surface area contributed by atoms with Gasteiger partial charge in [-0.15, -0.1) is 5.10 Å². The summed E-state index contributed by atoms with van der Waals surface area (Å²) in [5.41, 5.74) is 3.74. The Morgan fingerprint density at radius 3 is 2.65 bits per heavy atom. The first-order valence-electron chi connectivity index (χ1n) is 7.30. The molecule has 1 aromatic heterocycles. The van der Waals surface area contributed by atoms with E-state index in [0.29, 0.717) is 12.2 Å². The van der Waals surface area contributed by atoms with Crippen LogP contribution < -0.4 is 5.32 Å².